The van der Waals surface area contributed by atoms with Gasteiger partial charge in [0, 0.05) is 27.0 Å². The number of halogens is 2. The number of hydrogen-bond donors (Lipinski definition) is 0. The molecule has 0 bridgehead atoms. The first-order valence-electron chi connectivity index (χ1n) is 8.22. The maximum absolute atomic E-state index is 8.95. The Bertz CT molecular complexity index is 731. The second kappa shape index (κ2) is 7.86. The van der Waals surface area contributed by atoms with Crippen LogP contribution in [-0.4, -0.2) is 21.4 Å². The van der Waals surface area contributed by atoms with Crippen LogP contribution < -0.4 is 0 Å². The number of nitrogens with zero attached hydrogens (tertiary/aromatic N) is 2. The molecule has 4 heteroatoms. The van der Waals surface area contributed by atoms with Gasteiger partial charge < -0.3 is 0 Å². The summed E-state index contributed by atoms with van der Waals surface area (Å²) >= 11 is 8.99. The summed E-state index contributed by atoms with van der Waals surface area (Å²) in [5, 5.41) is 9.76. The fourth-order valence-electron chi connectivity index (χ4n) is 3.20. The highest BCUT2D eigenvalue weighted by molar-refractivity contribution is 14.1. The first-order chi connectivity index (χ1) is 11.6. The molecule has 3 rings (SSSR count). The minimum absolute atomic E-state index is 0.165. The van der Waals surface area contributed by atoms with Crippen LogP contribution in [0.1, 0.15) is 24.8 Å². The molecule has 1 saturated heterocycles. The Morgan fingerprint density at radius 3 is 2.46 bits per heavy atom. The van der Waals surface area contributed by atoms with Gasteiger partial charge in [0.1, 0.15) is 0 Å². The number of alkyl halides is 1. The molecule has 1 aliphatic rings. The van der Waals surface area contributed by atoms with Crippen molar-refractivity contribution in [1.82, 2.24) is 4.90 Å². The Morgan fingerprint density at radius 2 is 1.83 bits per heavy atom. The van der Waals surface area contributed by atoms with Gasteiger partial charge in [-0.25, -0.2) is 0 Å². The highest BCUT2D eigenvalue weighted by atomic mass is 127. The van der Waals surface area contributed by atoms with Crippen molar-refractivity contribution in [1.29, 1.82) is 5.26 Å². The van der Waals surface area contributed by atoms with Crippen molar-refractivity contribution in [2.45, 2.75) is 29.2 Å². The summed E-state index contributed by atoms with van der Waals surface area (Å²) in [6, 6.07) is 19.0. The number of rotatable bonds is 4. The van der Waals surface area contributed by atoms with Crippen molar-refractivity contribution >= 4 is 34.2 Å². The van der Waals surface area contributed by atoms with E-state index in [-0.39, 0.29) is 3.42 Å². The van der Waals surface area contributed by atoms with Crippen LogP contribution >= 0.6 is 34.2 Å². The molecule has 0 aromatic heterocycles. The molecule has 1 fully saturated rings. The standard InChI is InChI=1S/C20H20ClIN2/c21-19-14-16(6-7-18(19)17-4-2-1-3-5-17)15-24-12-9-20(22,8-11-23)10-13-24/h1-7,14H,8-10,12-13,15H2. The molecule has 2 aromatic carbocycles. The molecule has 124 valence electrons. The molecule has 0 radical (unpaired) electrons. The maximum atomic E-state index is 8.95. The molecular formula is C20H20ClIN2. The van der Waals surface area contributed by atoms with Gasteiger partial charge in [0.2, 0.25) is 0 Å². The smallest absolute Gasteiger partial charge is 0.0635 e. The summed E-state index contributed by atoms with van der Waals surface area (Å²) in [6.45, 7) is 3.01. The summed E-state index contributed by atoms with van der Waals surface area (Å²) in [5.41, 5.74) is 3.49. The predicted octanol–water partition coefficient (Wildman–Crippen LogP) is 5.69. The summed E-state index contributed by atoms with van der Waals surface area (Å²) in [6.07, 6.45) is 2.81. The molecule has 0 N–H and O–H groups in total. The van der Waals surface area contributed by atoms with Crippen LogP contribution in [0, 0.1) is 11.3 Å². The molecule has 2 aromatic rings. The van der Waals surface area contributed by atoms with Gasteiger partial charge in [-0.15, -0.1) is 0 Å². The van der Waals surface area contributed by atoms with Gasteiger partial charge in [-0.3, -0.25) is 4.90 Å². The highest BCUT2D eigenvalue weighted by Gasteiger charge is 2.31. The van der Waals surface area contributed by atoms with Crippen LogP contribution in [0.5, 0.6) is 0 Å². The van der Waals surface area contributed by atoms with E-state index in [1.165, 1.54) is 5.56 Å². The number of nitriles is 1. The summed E-state index contributed by atoms with van der Waals surface area (Å²) in [5.74, 6) is 0. The number of piperidine rings is 1. The molecule has 1 aliphatic heterocycles. The van der Waals surface area contributed by atoms with E-state index in [0.29, 0.717) is 6.42 Å². The molecule has 2 nitrogen and oxygen atoms in total. The second-order valence-corrected chi connectivity index (χ2v) is 9.14. The van der Waals surface area contributed by atoms with Crippen molar-refractivity contribution in [2.24, 2.45) is 0 Å². The maximum Gasteiger partial charge on any atom is 0.0635 e. The van der Waals surface area contributed by atoms with E-state index < -0.39 is 0 Å². The van der Waals surface area contributed by atoms with Crippen molar-refractivity contribution in [3.8, 4) is 17.2 Å². The lowest BCUT2D eigenvalue weighted by Crippen LogP contribution is -2.40. The average molecular weight is 451 g/mol. The van der Waals surface area contributed by atoms with Gasteiger partial charge in [-0.1, -0.05) is 76.7 Å². The van der Waals surface area contributed by atoms with Crippen LogP contribution in [0.3, 0.4) is 0 Å². The van der Waals surface area contributed by atoms with E-state index in [1.54, 1.807) is 0 Å². The summed E-state index contributed by atoms with van der Waals surface area (Å²) in [7, 11) is 0. The minimum Gasteiger partial charge on any atom is -0.299 e. The fourth-order valence-corrected chi connectivity index (χ4v) is 4.16. The number of benzene rings is 2. The molecule has 0 spiro atoms. The predicted molar refractivity (Wildman–Crippen MR) is 108 cm³/mol. The molecule has 0 atom stereocenters. The van der Waals surface area contributed by atoms with Crippen molar-refractivity contribution in [3.05, 3.63) is 59.1 Å². The molecular weight excluding hydrogens is 431 g/mol. The average Bonchev–Trinajstić information content (AvgIpc) is 2.58. The molecule has 0 unspecified atom stereocenters. The first kappa shape index (κ1) is 17.7. The largest absolute Gasteiger partial charge is 0.299 e. The zero-order valence-electron chi connectivity index (χ0n) is 13.5. The van der Waals surface area contributed by atoms with Gasteiger partial charge in [0.15, 0.2) is 0 Å². The third-order valence-electron chi connectivity index (χ3n) is 4.67. The van der Waals surface area contributed by atoms with Gasteiger partial charge in [0.25, 0.3) is 0 Å². The van der Waals surface area contributed by atoms with E-state index in [0.717, 1.165) is 48.6 Å². The lowest BCUT2D eigenvalue weighted by molar-refractivity contribution is 0.199. The zero-order valence-corrected chi connectivity index (χ0v) is 16.4. The van der Waals surface area contributed by atoms with E-state index in [4.69, 9.17) is 16.9 Å². The van der Waals surface area contributed by atoms with Crippen molar-refractivity contribution < 1.29 is 0 Å². The van der Waals surface area contributed by atoms with E-state index in [9.17, 15) is 0 Å². The van der Waals surface area contributed by atoms with E-state index in [2.05, 4.69) is 63.9 Å². The van der Waals surface area contributed by atoms with Crippen molar-refractivity contribution in [2.75, 3.05) is 13.1 Å². The van der Waals surface area contributed by atoms with Gasteiger partial charge >= 0.3 is 0 Å². The monoisotopic (exact) mass is 450 g/mol. The molecule has 0 amide bonds. The minimum atomic E-state index is 0.165. The Labute approximate surface area is 162 Å². The Morgan fingerprint density at radius 1 is 1.12 bits per heavy atom. The lowest BCUT2D eigenvalue weighted by atomic mass is 9.93. The summed E-state index contributed by atoms with van der Waals surface area (Å²) < 4.78 is 0.165. The Hall–Kier alpha value is -1.09. The van der Waals surface area contributed by atoms with Gasteiger partial charge in [0.05, 0.1) is 6.07 Å². The third kappa shape index (κ3) is 4.30. The van der Waals surface area contributed by atoms with Crippen LogP contribution in [0.4, 0.5) is 0 Å². The van der Waals surface area contributed by atoms with E-state index >= 15 is 0 Å². The molecule has 24 heavy (non-hydrogen) atoms. The first-order valence-corrected chi connectivity index (χ1v) is 9.67. The Kier molecular flexibility index (Phi) is 5.80. The zero-order chi connectivity index (χ0) is 17.0. The van der Waals surface area contributed by atoms with Crippen LogP contribution in [0.2, 0.25) is 5.02 Å². The fraction of sp³-hybridized carbons (Fsp3) is 0.350. The number of likely N-dealkylation sites (tertiary alicyclic amines) is 1. The number of hydrogen-bond acceptors (Lipinski definition) is 2. The summed E-state index contributed by atoms with van der Waals surface area (Å²) in [4.78, 5) is 2.46. The third-order valence-corrected chi connectivity index (χ3v) is 6.45. The normalized spacial score (nSPS) is 17.4. The van der Waals surface area contributed by atoms with Crippen LogP contribution in [0.25, 0.3) is 11.1 Å². The molecule has 0 aliphatic carbocycles. The second-order valence-electron chi connectivity index (χ2n) is 6.44. The van der Waals surface area contributed by atoms with Gasteiger partial charge in [-0.05, 0) is 43.1 Å². The van der Waals surface area contributed by atoms with E-state index in [1.807, 2.05) is 18.2 Å². The van der Waals surface area contributed by atoms with Crippen LogP contribution in [-0.2, 0) is 6.54 Å². The van der Waals surface area contributed by atoms with Crippen molar-refractivity contribution in [3.63, 3.8) is 0 Å². The lowest BCUT2D eigenvalue weighted by Gasteiger charge is -2.36. The topological polar surface area (TPSA) is 27.0 Å². The van der Waals surface area contributed by atoms with Gasteiger partial charge in [-0.2, -0.15) is 5.26 Å². The molecule has 0 saturated carbocycles. The molecule has 1 heterocycles. The SMILES string of the molecule is N#CCC1(I)CCN(Cc2ccc(-c3ccccc3)c(Cl)c2)CC1. The Balaban J connectivity index is 1.65. The highest BCUT2D eigenvalue weighted by Crippen LogP contribution is 2.35. The van der Waals surface area contributed by atoms with Crippen LogP contribution in [0.15, 0.2) is 48.5 Å². The quantitative estimate of drug-likeness (QED) is 0.442.